The van der Waals surface area contributed by atoms with Crippen molar-refractivity contribution >= 4 is 23.5 Å². The van der Waals surface area contributed by atoms with Crippen molar-refractivity contribution in [2.45, 2.75) is 0 Å². The smallest absolute Gasteiger partial charge is 0.171 e. The van der Waals surface area contributed by atoms with Crippen LogP contribution in [0.4, 0.5) is 0 Å². The highest BCUT2D eigenvalue weighted by atomic mass is 32.1. The van der Waals surface area contributed by atoms with E-state index in [9.17, 15) is 0 Å². The minimum absolute atomic E-state index is 0.359. The van der Waals surface area contributed by atoms with Crippen molar-refractivity contribution in [2.24, 2.45) is 0 Å². The number of hydrogen-bond donors (Lipinski definition) is 1. The molecule has 1 N–H and O–H groups in total. The van der Waals surface area contributed by atoms with E-state index in [4.69, 9.17) is 5.11 Å². The molecule has 14 heavy (non-hydrogen) atoms. The lowest BCUT2D eigenvalue weighted by Crippen LogP contribution is -1.67. The molecule has 0 saturated carbocycles. The van der Waals surface area contributed by atoms with E-state index in [0.717, 1.165) is 11.1 Å². The highest BCUT2D eigenvalue weighted by Gasteiger charge is 1.92. The van der Waals surface area contributed by atoms with E-state index in [1.54, 1.807) is 6.07 Å². The zero-order valence-electron chi connectivity index (χ0n) is 7.55. The van der Waals surface area contributed by atoms with Crippen LogP contribution in [-0.2, 0) is 0 Å². The van der Waals surface area contributed by atoms with Crippen LogP contribution in [-0.4, -0.2) is 5.11 Å². The maximum Gasteiger partial charge on any atom is 0.171 e. The highest BCUT2D eigenvalue weighted by molar-refractivity contribution is 7.11. The molecule has 0 aliphatic rings. The molecule has 0 aliphatic carbocycles. The first kappa shape index (κ1) is 9.03. The van der Waals surface area contributed by atoms with Gasteiger partial charge in [0, 0.05) is 5.38 Å². The molecule has 0 amide bonds. The summed E-state index contributed by atoms with van der Waals surface area (Å²) in [6.45, 7) is 0. The van der Waals surface area contributed by atoms with Crippen LogP contribution >= 0.6 is 11.3 Å². The zero-order chi connectivity index (χ0) is 9.80. The average Bonchev–Trinajstić information content (AvgIpc) is 2.63. The van der Waals surface area contributed by atoms with Gasteiger partial charge in [-0.1, -0.05) is 42.5 Å². The molecule has 1 nitrogen and oxygen atoms in total. The van der Waals surface area contributed by atoms with E-state index in [2.05, 4.69) is 0 Å². The van der Waals surface area contributed by atoms with E-state index < -0.39 is 0 Å². The van der Waals surface area contributed by atoms with Crippen LogP contribution in [0.2, 0.25) is 0 Å². The molecular formula is C12H10OS. The molecule has 70 valence electrons. The molecule has 0 unspecified atom stereocenters. The second kappa shape index (κ2) is 4.11. The van der Waals surface area contributed by atoms with E-state index in [0.29, 0.717) is 5.06 Å². The zero-order valence-corrected chi connectivity index (χ0v) is 8.37. The van der Waals surface area contributed by atoms with Gasteiger partial charge in [-0.05, 0) is 17.2 Å². The Labute approximate surface area is 87.0 Å². The topological polar surface area (TPSA) is 20.2 Å². The Balaban J connectivity index is 2.15. The first-order valence-electron chi connectivity index (χ1n) is 4.35. The summed E-state index contributed by atoms with van der Waals surface area (Å²) in [5, 5.41) is 11.4. The van der Waals surface area contributed by atoms with Crippen LogP contribution in [0.5, 0.6) is 5.06 Å². The summed E-state index contributed by atoms with van der Waals surface area (Å²) in [6.07, 6.45) is 4.02. The van der Waals surface area contributed by atoms with Crippen molar-refractivity contribution < 1.29 is 5.11 Å². The molecule has 0 atom stereocenters. The van der Waals surface area contributed by atoms with Gasteiger partial charge in [-0.25, -0.2) is 0 Å². The predicted molar refractivity (Wildman–Crippen MR) is 61.4 cm³/mol. The van der Waals surface area contributed by atoms with Crippen molar-refractivity contribution in [3.05, 3.63) is 52.9 Å². The second-order valence-corrected chi connectivity index (χ2v) is 3.85. The largest absolute Gasteiger partial charge is 0.499 e. The summed E-state index contributed by atoms with van der Waals surface area (Å²) < 4.78 is 0. The van der Waals surface area contributed by atoms with Gasteiger partial charge in [0.2, 0.25) is 0 Å². The molecule has 2 aromatic rings. The van der Waals surface area contributed by atoms with Crippen LogP contribution in [0.3, 0.4) is 0 Å². The average molecular weight is 202 g/mol. The third-order valence-corrected chi connectivity index (χ3v) is 2.62. The van der Waals surface area contributed by atoms with E-state index in [1.165, 1.54) is 11.3 Å². The Morgan fingerprint density at radius 3 is 2.36 bits per heavy atom. The first-order chi connectivity index (χ1) is 6.84. The number of hydrogen-bond acceptors (Lipinski definition) is 2. The van der Waals surface area contributed by atoms with Gasteiger partial charge in [0.1, 0.15) is 0 Å². The number of benzene rings is 1. The summed E-state index contributed by atoms with van der Waals surface area (Å²) in [4.78, 5) is 0. The lowest BCUT2D eigenvalue weighted by molar-refractivity contribution is 0.491. The Kier molecular flexibility index (Phi) is 2.65. The molecule has 0 aliphatic heterocycles. The normalized spacial score (nSPS) is 10.9. The third-order valence-electron chi connectivity index (χ3n) is 1.87. The Morgan fingerprint density at radius 2 is 1.71 bits per heavy atom. The molecule has 0 radical (unpaired) electrons. The third kappa shape index (κ3) is 2.24. The molecule has 0 spiro atoms. The molecule has 2 rings (SSSR count). The minimum Gasteiger partial charge on any atom is -0.499 e. The summed E-state index contributed by atoms with van der Waals surface area (Å²) in [5.41, 5.74) is 2.20. The Hall–Kier alpha value is -1.54. The molecule has 1 aromatic carbocycles. The SMILES string of the molecule is Oc1cc(C=Cc2ccccc2)cs1. The van der Waals surface area contributed by atoms with Crippen LogP contribution in [0.25, 0.3) is 12.2 Å². The summed E-state index contributed by atoms with van der Waals surface area (Å²) in [5.74, 6) is 0. The van der Waals surface area contributed by atoms with Crippen molar-refractivity contribution in [3.63, 3.8) is 0 Å². The quantitative estimate of drug-likeness (QED) is 0.788. The summed E-state index contributed by atoms with van der Waals surface area (Å²) in [7, 11) is 0. The molecule has 0 fully saturated rings. The molecule has 0 bridgehead atoms. The lowest BCUT2D eigenvalue weighted by atomic mass is 10.2. The van der Waals surface area contributed by atoms with Gasteiger partial charge >= 0.3 is 0 Å². The van der Waals surface area contributed by atoms with Gasteiger partial charge in [-0.2, -0.15) is 0 Å². The fraction of sp³-hybridized carbons (Fsp3) is 0. The predicted octanol–water partition coefficient (Wildman–Crippen LogP) is 3.62. The van der Waals surface area contributed by atoms with Crippen LogP contribution in [0, 0.1) is 0 Å². The van der Waals surface area contributed by atoms with Crippen LogP contribution in [0.1, 0.15) is 11.1 Å². The van der Waals surface area contributed by atoms with Crippen molar-refractivity contribution in [1.82, 2.24) is 0 Å². The van der Waals surface area contributed by atoms with E-state index in [1.807, 2.05) is 47.9 Å². The standard InChI is InChI=1S/C12H10OS/c13-12-8-11(9-14-12)7-6-10-4-2-1-3-5-10/h1-9,13H. The van der Waals surface area contributed by atoms with Gasteiger partial charge in [0.15, 0.2) is 5.06 Å². The lowest BCUT2D eigenvalue weighted by Gasteiger charge is -1.89. The van der Waals surface area contributed by atoms with Gasteiger partial charge < -0.3 is 5.11 Å². The Bertz CT molecular complexity index is 429. The van der Waals surface area contributed by atoms with Gasteiger partial charge in [-0.3, -0.25) is 0 Å². The first-order valence-corrected chi connectivity index (χ1v) is 5.23. The summed E-state index contributed by atoms with van der Waals surface area (Å²) in [6, 6.07) is 11.8. The molecule has 1 aromatic heterocycles. The number of aromatic hydroxyl groups is 1. The van der Waals surface area contributed by atoms with Gasteiger partial charge in [0.25, 0.3) is 0 Å². The highest BCUT2D eigenvalue weighted by Crippen LogP contribution is 2.22. The second-order valence-electron chi connectivity index (χ2n) is 2.96. The maximum absolute atomic E-state index is 9.13. The van der Waals surface area contributed by atoms with Crippen LogP contribution < -0.4 is 0 Å². The fourth-order valence-electron chi connectivity index (χ4n) is 1.18. The van der Waals surface area contributed by atoms with Crippen molar-refractivity contribution in [3.8, 4) is 5.06 Å². The van der Waals surface area contributed by atoms with Crippen LogP contribution in [0.15, 0.2) is 41.8 Å². The maximum atomic E-state index is 9.13. The fourth-order valence-corrected chi connectivity index (χ4v) is 1.79. The summed E-state index contributed by atoms with van der Waals surface area (Å²) >= 11 is 1.34. The van der Waals surface area contributed by atoms with E-state index in [-0.39, 0.29) is 0 Å². The number of rotatable bonds is 2. The van der Waals surface area contributed by atoms with Crippen molar-refractivity contribution in [1.29, 1.82) is 0 Å². The van der Waals surface area contributed by atoms with Gasteiger partial charge in [-0.15, -0.1) is 11.3 Å². The molecule has 0 saturated heterocycles. The van der Waals surface area contributed by atoms with E-state index >= 15 is 0 Å². The van der Waals surface area contributed by atoms with Gasteiger partial charge in [0.05, 0.1) is 0 Å². The molecule has 1 heterocycles. The minimum atomic E-state index is 0.359. The number of thiophene rings is 1. The Morgan fingerprint density at radius 1 is 1.00 bits per heavy atom. The molecule has 2 heteroatoms. The molecular weight excluding hydrogens is 192 g/mol. The van der Waals surface area contributed by atoms with Crippen molar-refractivity contribution in [2.75, 3.05) is 0 Å². The monoisotopic (exact) mass is 202 g/mol.